The summed E-state index contributed by atoms with van der Waals surface area (Å²) >= 11 is 0. The highest BCUT2D eigenvalue weighted by molar-refractivity contribution is 5.78. The monoisotopic (exact) mass is 227 g/mol. The predicted octanol–water partition coefficient (Wildman–Crippen LogP) is 0.668. The van der Waals surface area contributed by atoms with Crippen LogP contribution < -0.4 is 5.73 Å². The molecule has 1 aliphatic rings. The molecule has 4 nitrogen and oxygen atoms in total. The number of hydrogen-bond donors (Lipinski definition) is 1. The van der Waals surface area contributed by atoms with Crippen LogP contribution in [0.4, 0.5) is 0 Å². The number of likely N-dealkylation sites (tertiary alicyclic amines) is 1. The van der Waals surface area contributed by atoms with Crippen molar-refractivity contribution in [2.75, 3.05) is 32.7 Å². The van der Waals surface area contributed by atoms with Gasteiger partial charge in [0, 0.05) is 32.2 Å². The van der Waals surface area contributed by atoms with Gasteiger partial charge in [0.2, 0.25) is 5.91 Å². The Hall–Kier alpha value is -0.610. The Balaban J connectivity index is 2.31. The van der Waals surface area contributed by atoms with Crippen molar-refractivity contribution in [2.45, 2.75) is 39.2 Å². The third-order valence-electron chi connectivity index (χ3n) is 3.18. The summed E-state index contributed by atoms with van der Waals surface area (Å²) in [6.45, 7) is 8.30. The van der Waals surface area contributed by atoms with E-state index in [4.69, 9.17) is 5.73 Å². The molecular formula is C12H25N3O. The van der Waals surface area contributed by atoms with Crippen LogP contribution in [0.25, 0.3) is 0 Å². The van der Waals surface area contributed by atoms with Crippen molar-refractivity contribution < 1.29 is 4.79 Å². The molecule has 1 aliphatic heterocycles. The van der Waals surface area contributed by atoms with Gasteiger partial charge in [-0.1, -0.05) is 13.3 Å². The van der Waals surface area contributed by atoms with Crippen LogP contribution in [-0.2, 0) is 4.79 Å². The molecule has 0 aromatic carbocycles. The van der Waals surface area contributed by atoms with Crippen LogP contribution in [0.3, 0.4) is 0 Å². The van der Waals surface area contributed by atoms with Gasteiger partial charge in [0.1, 0.15) is 0 Å². The molecule has 2 N–H and O–H groups in total. The Morgan fingerprint density at radius 1 is 1.50 bits per heavy atom. The zero-order chi connectivity index (χ0) is 12.0. The summed E-state index contributed by atoms with van der Waals surface area (Å²) in [5, 5.41) is 0. The molecule has 1 heterocycles. The Morgan fingerprint density at radius 2 is 2.25 bits per heavy atom. The third-order valence-corrected chi connectivity index (χ3v) is 3.18. The number of carbonyl (C=O) groups excluding carboxylic acids is 1. The molecule has 1 fully saturated rings. The van der Waals surface area contributed by atoms with Crippen LogP contribution in [0.1, 0.15) is 33.1 Å². The third kappa shape index (κ3) is 4.10. The lowest BCUT2D eigenvalue weighted by atomic mass is 10.3. The van der Waals surface area contributed by atoms with E-state index < -0.39 is 0 Å². The Bertz CT molecular complexity index is 220. The largest absolute Gasteiger partial charge is 0.342 e. The summed E-state index contributed by atoms with van der Waals surface area (Å²) in [6, 6.07) is 0.263. The van der Waals surface area contributed by atoms with E-state index in [-0.39, 0.29) is 11.9 Å². The smallest absolute Gasteiger partial charge is 0.236 e. The minimum Gasteiger partial charge on any atom is -0.342 e. The SMILES string of the molecule is CCCCN(CC)C(=O)CN1CCC(N)C1. The molecule has 0 saturated carbocycles. The standard InChI is InChI=1S/C12H25N3O/c1-3-5-7-15(4-2)12(16)10-14-8-6-11(13)9-14/h11H,3-10,13H2,1-2H3. The number of amides is 1. The van der Waals surface area contributed by atoms with Crippen LogP contribution in [0.15, 0.2) is 0 Å². The van der Waals surface area contributed by atoms with Gasteiger partial charge in [-0.15, -0.1) is 0 Å². The van der Waals surface area contributed by atoms with Crippen LogP contribution in [0, 0.1) is 0 Å². The lowest BCUT2D eigenvalue weighted by Gasteiger charge is -2.23. The number of unbranched alkanes of at least 4 members (excludes halogenated alkanes) is 1. The van der Waals surface area contributed by atoms with Crippen LogP contribution in [0.5, 0.6) is 0 Å². The van der Waals surface area contributed by atoms with Crippen molar-refractivity contribution in [1.82, 2.24) is 9.80 Å². The average molecular weight is 227 g/mol. The topological polar surface area (TPSA) is 49.6 Å². The maximum atomic E-state index is 12.0. The summed E-state index contributed by atoms with van der Waals surface area (Å²) in [4.78, 5) is 16.1. The molecule has 1 unspecified atom stereocenters. The van der Waals surface area contributed by atoms with Crippen molar-refractivity contribution in [3.8, 4) is 0 Å². The van der Waals surface area contributed by atoms with E-state index in [1.165, 1.54) is 0 Å². The first-order valence-corrected chi connectivity index (χ1v) is 6.43. The molecule has 94 valence electrons. The summed E-state index contributed by atoms with van der Waals surface area (Å²) in [6.07, 6.45) is 3.26. The second-order valence-electron chi connectivity index (χ2n) is 4.61. The minimum absolute atomic E-state index is 0.255. The number of nitrogens with zero attached hydrogens (tertiary/aromatic N) is 2. The van der Waals surface area contributed by atoms with Crippen molar-refractivity contribution in [1.29, 1.82) is 0 Å². The first-order chi connectivity index (χ1) is 7.67. The Kier molecular flexibility index (Phi) is 5.77. The van der Waals surface area contributed by atoms with Gasteiger partial charge >= 0.3 is 0 Å². The summed E-state index contributed by atoms with van der Waals surface area (Å²) in [5.74, 6) is 0.255. The molecule has 1 atom stereocenters. The van der Waals surface area contributed by atoms with Crippen molar-refractivity contribution in [3.05, 3.63) is 0 Å². The minimum atomic E-state index is 0.255. The van der Waals surface area contributed by atoms with Gasteiger partial charge in [0.05, 0.1) is 6.54 Å². The average Bonchev–Trinajstić information content (AvgIpc) is 2.65. The second kappa shape index (κ2) is 6.86. The quantitative estimate of drug-likeness (QED) is 0.725. The number of likely N-dealkylation sites (N-methyl/N-ethyl adjacent to an activating group) is 1. The number of rotatable bonds is 6. The van der Waals surface area contributed by atoms with Crippen LogP contribution >= 0.6 is 0 Å². The van der Waals surface area contributed by atoms with Gasteiger partial charge < -0.3 is 10.6 Å². The predicted molar refractivity (Wildman–Crippen MR) is 66.2 cm³/mol. The van der Waals surface area contributed by atoms with Gasteiger partial charge in [-0.25, -0.2) is 0 Å². The first-order valence-electron chi connectivity index (χ1n) is 6.43. The van der Waals surface area contributed by atoms with E-state index in [9.17, 15) is 4.79 Å². The highest BCUT2D eigenvalue weighted by atomic mass is 16.2. The molecule has 0 radical (unpaired) electrons. The molecule has 0 aliphatic carbocycles. The normalized spacial score (nSPS) is 21.3. The zero-order valence-electron chi connectivity index (χ0n) is 10.6. The molecule has 0 spiro atoms. The fraction of sp³-hybridized carbons (Fsp3) is 0.917. The molecule has 1 rings (SSSR count). The molecule has 1 saturated heterocycles. The molecule has 16 heavy (non-hydrogen) atoms. The molecule has 1 amide bonds. The van der Waals surface area contributed by atoms with Crippen LogP contribution in [-0.4, -0.2) is 54.5 Å². The van der Waals surface area contributed by atoms with Crippen molar-refractivity contribution in [2.24, 2.45) is 5.73 Å². The maximum absolute atomic E-state index is 12.0. The van der Waals surface area contributed by atoms with E-state index in [2.05, 4.69) is 11.8 Å². The van der Waals surface area contributed by atoms with Gasteiger partial charge in [-0.3, -0.25) is 9.69 Å². The number of carbonyl (C=O) groups is 1. The zero-order valence-corrected chi connectivity index (χ0v) is 10.6. The molecule has 4 heteroatoms. The summed E-state index contributed by atoms with van der Waals surface area (Å²) in [7, 11) is 0. The van der Waals surface area contributed by atoms with Crippen molar-refractivity contribution in [3.63, 3.8) is 0 Å². The summed E-state index contributed by atoms with van der Waals surface area (Å²) < 4.78 is 0. The summed E-state index contributed by atoms with van der Waals surface area (Å²) in [5.41, 5.74) is 5.82. The Morgan fingerprint density at radius 3 is 2.75 bits per heavy atom. The molecule has 0 bridgehead atoms. The van der Waals surface area contributed by atoms with Crippen molar-refractivity contribution >= 4 is 5.91 Å². The van der Waals surface area contributed by atoms with Gasteiger partial charge in [-0.05, 0) is 19.8 Å². The van der Waals surface area contributed by atoms with Crippen LogP contribution in [0.2, 0.25) is 0 Å². The number of hydrogen-bond acceptors (Lipinski definition) is 3. The fourth-order valence-electron chi connectivity index (χ4n) is 2.11. The molecule has 0 aromatic rings. The van der Waals surface area contributed by atoms with E-state index in [1.54, 1.807) is 0 Å². The van der Waals surface area contributed by atoms with Gasteiger partial charge in [0.15, 0.2) is 0 Å². The molecular weight excluding hydrogens is 202 g/mol. The van der Waals surface area contributed by atoms with E-state index >= 15 is 0 Å². The fourth-order valence-corrected chi connectivity index (χ4v) is 2.11. The van der Waals surface area contributed by atoms with E-state index in [0.717, 1.165) is 45.4 Å². The van der Waals surface area contributed by atoms with Gasteiger partial charge in [0.25, 0.3) is 0 Å². The maximum Gasteiger partial charge on any atom is 0.236 e. The lowest BCUT2D eigenvalue weighted by molar-refractivity contribution is -0.132. The lowest BCUT2D eigenvalue weighted by Crippen LogP contribution is -2.40. The Labute approximate surface area is 98.8 Å². The molecule has 0 aromatic heterocycles. The highest BCUT2D eigenvalue weighted by Crippen LogP contribution is 2.07. The number of nitrogens with two attached hydrogens (primary N) is 1. The van der Waals surface area contributed by atoms with Gasteiger partial charge in [-0.2, -0.15) is 0 Å². The highest BCUT2D eigenvalue weighted by Gasteiger charge is 2.22. The van der Waals surface area contributed by atoms with E-state index in [0.29, 0.717) is 6.54 Å². The first kappa shape index (κ1) is 13.5. The second-order valence-corrected chi connectivity index (χ2v) is 4.61. The van der Waals surface area contributed by atoms with E-state index in [1.807, 2.05) is 11.8 Å².